The van der Waals surface area contributed by atoms with Crippen LogP contribution in [0.4, 0.5) is 5.69 Å². The minimum atomic E-state index is -0.849. The highest BCUT2D eigenvalue weighted by Crippen LogP contribution is 2.13. The van der Waals surface area contributed by atoms with Crippen molar-refractivity contribution in [1.82, 2.24) is 5.43 Å². The van der Waals surface area contributed by atoms with Gasteiger partial charge in [-0.15, -0.1) is 0 Å². The smallest absolute Gasteiger partial charge is 0.329 e. The second kappa shape index (κ2) is 8.09. The number of anilines is 1. The van der Waals surface area contributed by atoms with Crippen LogP contribution in [0.1, 0.15) is 5.56 Å². The highest BCUT2D eigenvalue weighted by atomic mass is 79.9. The Balaban J connectivity index is 1.86. The lowest BCUT2D eigenvalue weighted by molar-refractivity contribution is -0.136. The molecule has 0 heterocycles. The summed E-state index contributed by atoms with van der Waals surface area (Å²) in [4.78, 5) is 23.3. The lowest BCUT2D eigenvalue weighted by atomic mass is 10.2. The van der Waals surface area contributed by atoms with E-state index in [1.807, 2.05) is 0 Å². The van der Waals surface area contributed by atoms with Crippen LogP contribution >= 0.6 is 15.9 Å². The van der Waals surface area contributed by atoms with E-state index in [0.717, 1.165) is 15.8 Å². The van der Waals surface area contributed by atoms with Gasteiger partial charge in [-0.05, 0) is 54.1 Å². The van der Waals surface area contributed by atoms with E-state index < -0.39 is 11.8 Å². The molecule has 7 heteroatoms. The summed E-state index contributed by atoms with van der Waals surface area (Å²) in [5.41, 5.74) is 3.45. The first-order valence-electron chi connectivity index (χ1n) is 6.62. The molecular formula is C16H14BrN3O3. The molecule has 0 aliphatic carbocycles. The number of methoxy groups -OCH3 is 1. The summed E-state index contributed by atoms with van der Waals surface area (Å²) >= 11 is 3.29. The van der Waals surface area contributed by atoms with Gasteiger partial charge in [0.1, 0.15) is 5.75 Å². The molecule has 0 atom stereocenters. The number of hydrogen-bond acceptors (Lipinski definition) is 4. The molecule has 0 unspecified atom stereocenters. The second-order valence-electron chi connectivity index (χ2n) is 4.43. The average Bonchev–Trinajstić information content (AvgIpc) is 2.57. The topological polar surface area (TPSA) is 79.8 Å². The van der Waals surface area contributed by atoms with Crippen molar-refractivity contribution in [3.63, 3.8) is 0 Å². The third-order valence-electron chi connectivity index (χ3n) is 2.80. The van der Waals surface area contributed by atoms with Crippen LogP contribution in [-0.4, -0.2) is 25.1 Å². The van der Waals surface area contributed by atoms with Gasteiger partial charge in [-0.3, -0.25) is 9.59 Å². The fourth-order valence-electron chi connectivity index (χ4n) is 1.63. The summed E-state index contributed by atoms with van der Waals surface area (Å²) in [5.74, 6) is -0.919. The minimum Gasteiger partial charge on any atom is -0.497 e. The molecule has 0 aliphatic heterocycles. The van der Waals surface area contributed by atoms with Gasteiger partial charge in [-0.1, -0.05) is 15.9 Å². The first kappa shape index (κ1) is 16.7. The molecule has 0 radical (unpaired) electrons. The number of ether oxygens (including phenoxy) is 1. The fraction of sp³-hybridized carbons (Fsp3) is 0.0625. The molecule has 2 aromatic rings. The van der Waals surface area contributed by atoms with Gasteiger partial charge in [0.25, 0.3) is 0 Å². The first-order valence-corrected chi connectivity index (χ1v) is 7.42. The Morgan fingerprint density at radius 1 is 1.04 bits per heavy atom. The molecule has 0 saturated heterocycles. The summed E-state index contributed by atoms with van der Waals surface area (Å²) in [6, 6.07) is 14.0. The Morgan fingerprint density at radius 2 is 1.70 bits per heavy atom. The Morgan fingerprint density at radius 3 is 2.30 bits per heavy atom. The minimum absolute atomic E-state index is 0.521. The third-order valence-corrected chi connectivity index (χ3v) is 3.33. The Labute approximate surface area is 141 Å². The van der Waals surface area contributed by atoms with Crippen LogP contribution in [-0.2, 0) is 9.59 Å². The molecule has 118 valence electrons. The number of nitrogens with zero attached hydrogens (tertiary/aromatic N) is 1. The van der Waals surface area contributed by atoms with E-state index >= 15 is 0 Å². The molecule has 0 aliphatic rings. The van der Waals surface area contributed by atoms with Crippen LogP contribution in [0, 0.1) is 0 Å². The molecule has 2 aromatic carbocycles. The number of benzene rings is 2. The largest absolute Gasteiger partial charge is 0.497 e. The molecule has 6 nitrogen and oxygen atoms in total. The normalized spacial score (nSPS) is 10.3. The van der Waals surface area contributed by atoms with Crippen molar-refractivity contribution in [2.24, 2.45) is 5.10 Å². The lowest BCUT2D eigenvalue weighted by Gasteiger charge is -2.03. The Bertz CT molecular complexity index is 712. The molecule has 2 N–H and O–H groups in total. The maximum absolute atomic E-state index is 11.7. The van der Waals surface area contributed by atoms with Crippen molar-refractivity contribution >= 4 is 39.6 Å². The zero-order valence-corrected chi connectivity index (χ0v) is 13.8. The van der Waals surface area contributed by atoms with Crippen molar-refractivity contribution in [3.05, 3.63) is 58.6 Å². The predicted octanol–water partition coefficient (Wildman–Crippen LogP) is 2.55. The Kier molecular flexibility index (Phi) is 5.87. The van der Waals surface area contributed by atoms with E-state index in [0.29, 0.717) is 5.69 Å². The van der Waals surface area contributed by atoms with E-state index in [1.54, 1.807) is 55.6 Å². The fourth-order valence-corrected chi connectivity index (χ4v) is 1.89. The number of hydrogen-bond donors (Lipinski definition) is 2. The highest BCUT2D eigenvalue weighted by Gasteiger charge is 2.12. The molecule has 23 heavy (non-hydrogen) atoms. The van der Waals surface area contributed by atoms with Gasteiger partial charge in [0, 0.05) is 10.2 Å². The summed E-state index contributed by atoms with van der Waals surface area (Å²) in [5, 5.41) is 6.21. The quantitative estimate of drug-likeness (QED) is 0.489. The van der Waals surface area contributed by atoms with Crippen molar-refractivity contribution in [2.75, 3.05) is 12.4 Å². The summed E-state index contributed by atoms with van der Waals surface area (Å²) in [7, 11) is 1.58. The zero-order valence-electron chi connectivity index (χ0n) is 12.2. The monoisotopic (exact) mass is 375 g/mol. The standard InChI is InChI=1S/C16H14BrN3O3/c1-23-14-8-2-11(3-9-14)10-18-20-16(22)15(21)19-13-6-4-12(17)5-7-13/h2-10H,1H3,(H,19,21)(H,20,22). The molecule has 0 fully saturated rings. The van der Waals surface area contributed by atoms with Gasteiger partial charge in [0.2, 0.25) is 0 Å². The van der Waals surface area contributed by atoms with Crippen LogP contribution in [0.3, 0.4) is 0 Å². The predicted molar refractivity (Wildman–Crippen MR) is 91.5 cm³/mol. The summed E-state index contributed by atoms with van der Waals surface area (Å²) < 4.78 is 5.92. The number of rotatable bonds is 4. The third kappa shape index (κ3) is 5.23. The van der Waals surface area contributed by atoms with E-state index in [4.69, 9.17) is 4.74 Å². The Hall–Kier alpha value is -2.67. The number of nitrogens with one attached hydrogen (secondary N) is 2. The average molecular weight is 376 g/mol. The molecule has 0 saturated carbocycles. The molecule has 2 amide bonds. The number of carbonyl (C=O) groups is 2. The van der Waals surface area contributed by atoms with Crippen LogP contribution in [0.5, 0.6) is 5.75 Å². The number of amides is 2. The van der Waals surface area contributed by atoms with E-state index in [1.165, 1.54) is 6.21 Å². The number of halogens is 1. The maximum Gasteiger partial charge on any atom is 0.329 e. The van der Waals surface area contributed by atoms with Gasteiger partial charge < -0.3 is 10.1 Å². The summed E-state index contributed by atoms with van der Waals surface area (Å²) in [6.45, 7) is 0. The second-order valence-corrected chi connectivity index (χ2v) is 5.35. The van der Waals surface area contributed by atoms with Crippen LogP contribution in [0.25, 0.3) is 0 Å². The van der Waals surface area contributed by atoms with Crippen molar-refractivity contribution in [3.8, 4) is 5.75 Å². The van der Waals surface area contributed by atoms with Gasteiger partial charge in [-0.25, -0.2) is 5.43 Å². The summed E-state index contributed by atoms with van der Waals surface area (Å²) in [6.07, 6.45) is 1.43. The van der Waals surface area contributed by atoms with Crippen LogP contribution in [0.15, 0.2) is 58.1 Å². The van der Waals surface area contributed by atoms with Crippen molar-refractivity contribution in [1.29, 1.82) is 0 Å². The molecule has 0 aromatic heterocycles. The van der Waals surface area contributed by atoms with Crippen LogP contribution < -0.4 is 15.5 Å². The van der Waals surface area contributed by atoms with Crippen molar-refractivity contribution < 1.29 is 14.3 Å². The van der Waals surface area contributed by atoms with Gasteiger partial charge in [0.05, 0.1) is 13.3 Å². The lowest BCUT2D eigenvalue weighted by Crippen LogP contribution is -2.32. The highest BCUT2D eigenvalue weighted by molar-refractivity contribution is 9.10. The van der Waals surface area contributed by atoms with E-state index in [2.05, 4.69) is 31.8 Å². The first-order chi connectivity index (χ1) is 11.1. The molecule has 0 bridgehead atoms. The maximum atomic E-state index is 11.7. The van der Waals surface area contributed by atoms with Crippen LogP contribution in [0.2, 0.25) is 0 Å². The molecular weight excluding hydrogens is 362 g/mol. The number of hydrazone groups is 1. The van der Waals surface area contributed by atoms with Crippen molar-refractivity contribution in [2.45, 2.75) is 0 Å². The number of carbonyl (C=O) groups excluding carboxylic acids is 2. The van der Waals surface area contributed by atoms with Gasteiger partial charge in [-0.2, -0.15) is 5.10 Å². The van der Waals surface area contributed by atoms with Gasteiger partial charge in [0.15, 0.2) is 0 Å². The zero-order chi connectivity index (χ0) is 16.7. The molecule has 0 spiro atoms. The SMILES string of the molecule is COc1ccc(C=NNC(=O)C(=O)Nc2ccc(Br)cc2)cc1. The van der Waals surface area contributed by atoms with E-state index in [-0.39, 0.29) is 0 Å². The molecule has 2 rings (SSSR count). The van der Waals surface area contributed by atoms with Gasteiger partial charge >= 0.3 is 11.8 Å². The van der Waals surface area contributed by atoms with E-state index in [9.17, 15) is 9.59 Å².